The number of pyridine rings is 1. The first-order valence-electron chi connectivity index (χ1n) is 10.6. The Morgan fingerprint density at radius 3 is 2.71 bits per heavy atom. The molecule has 0 saturated heterocycles. The predicted octanol–water partition coefficient (Wildman–Crippen LogP) is 3.28. The molecule has 0 radical (unpaired) electrons. The van der Waals surface area contributed by atoms with Crippen LogP contribution in [0.3, 0.4) is 0 Å². The molecule has 5 rings (SSSR count). The van der Waals surface area contributed by atoms with Crippen LogP contribution >= 0.6 is 0 Å². The van der Waals surface area contributed by atoms with Crippen molar-refractivity contribution < 1.29 is 4.79 Å². The molecule has 0 saturated carbocycles. The highest BCUT2D eigenvalue weighted by atomic mass is 16.2. The number of amides is 1. The summed E-state index contributed by atoms with van der Waals surface area (Å²) in [5, 5.41) is 4.35. The number of nitrogens with zero attached hydrogens (tertiary/aromatic N) is 5. The number of carbonyl (C=O) groups is 1. The van der Waals surface area contributed by atoms with Crippen LogP contribution in [0.25, 0.3) is 16.9 Å². The maximum absolute atomic E-state index is 13.5. The number of carbonyl (C=O) groups excluding carboxylic acids is 1. The minimum atomic E-state index is -0.971. The lowest BCUT2D eigenvalue weighted by Gasteiger charge is -2.43. The van der Waals surface area contributed by atoms with Crippen molar-refractivity contribution in [1.29, 1.82) is 0 Å². The molecule has 1 unspecified atom stereocenters. The van der Waals surface area contributed by atoms with Crippen LogP contribution in [0.4, 0.5) is 0 Å². The van der Waals surface area contributed by atoms with E-state index in [0.29, 0.717) is 6.42 Å². The molecular weight excluding hydrogens is 388 g/mol. The Hall–Kier alpha value is -3.48. The van der Waals surface area contributed by atoms with E-state index in [4.69, 9.17) is 10.7 Å². The van der Waals surface area contributed by atoms with Gasteiger partial charge in [0.25, 0.3) is 5.91 Å². The highest BCUT2D eigenvalue weighted by Crippen LogP contribution is 2.51. The van der Waals surface area contributed by atoms with Crippen LogP contribution in [0.2, 0.25) is 0 Å². The van der Waals surface area contributed by atoms with Gasteiger partial charge < -0.3 is 5.73 Å². The molecular formula is C24H26N6O. The lowest BCUT2D eigenvalue weighted by Crippen LogP contribution is -2.46. The lowest BCUT2D eigenvalue weighted by atomic mass is 9.63. The van der Waals surface area contributed by atoms with Gasteiger partial charge in [0.1, 0.15) is 0 Å². The second kappa shape index (κ2) is 6.77. The Bertz CT molecular complexity index is 1200. The fraction of sp³-hybridized carbons (Fsp3) is 0.333. The third kappa shape index (κ3) is 2.87. The summed E-state index contributed by atoms with van der Waals surface area (Å²) in [6.07, 6.45) is 7.89. The van der Waals surface area contributed by atoms with Gasteiger partial charge in [-0.25, -0.2) is 14.7 Å². The number of guanidine groups is 1. The first-order chi connectivity index (χ1) is 14.9. The number of aliphatic imine (C=N–C) groups is 1. The fourth-order valence-electron chi connectivity index (χ4n) is 4.96. The first-order valence-corrected chi connectivity index (χ1v) is 10.6. The first kappa shape index (κ1) is 19.5. The van der Waals surface area contributed by atoms with Crippen molar-refractivity contribution in [2.45, 2.75) is 38.6 Å². The van der Waals surface area contributed by atoms with Crippen LogP contribution in [0.1, 0.15) is 37.8 Å². The molecule has 7 heteroatoms. The van der Waals surface area contributed by atoms with Gasteiger partial charge in [-0.3, -0.25) is 9.69 Å². The van der Waals surface area contributed by atoms with E-state index < -0.39 is 5.54 Å². The van der Waals surface area contributed by atoms with Crippen LogP contribution in [-0.4, -0.2) is 38.6 Å². The predicted molar refractivity (Wildman–Crippen MR) is 120 cm³/mol. The monoisotopic (exact) mass is 414 g/mol. The van der Waals surface area contributed by atoms with E-state index in [-0.39, 0.29) is 17.3 Å². The Morgan fingerprint density at radius 1 is 1.19 bits per heavy atom. The topological polar surface area (TPSA) is 89.4 Å². The smallest absolute Gasteiger partial charge is 0.261 e. The third-order valence-electron chi connectivity index (χ3n) is 6.84. The van der Waals surface area contributed by atoms with Crippen molar-refractivity contribution in [2.75, 3.05) is 7.05 Å². The average molecular weight is 415 g/mol. The largest absolute Gasteiger partial charge is 0.369 e. The minimum Gasteiger partial charge on any atom is -0.369 e. The highest BCUT2D eigenvalue weighted by Gasteiger charge is 2.54. The van der Waals surface area contributed by atoms with Gasteiger partial charge in [-0.1, -0.05) is 32.4 Å². The Balaban J connectivity index is 1.71. The Morgan fingerprint density at radius 2 is 2.03 bits per heavy atom. The molecule has 1 spiro atoms. The van der Waals surface area contributed by atoms with Gasteiger partial charge in [0.2, 0.25) is 0 Å². The molecule has 0 bridgehead atoms. The van der Waals surface area contributed by atoms with Crippen molar-refractivity contribution in [2.24, 2.45) is 16.1 Å². The number of hydrogen-bond donors (Lipinski definition) is 1. The number of benzene rings is 1. The number of hydrogen-bond acceptors (Lipinski definition) is 5. The second-order valence-electron chi connectivity index (χ2n) is 8.91. The van der Waals surface area contributed by atoms with Gasteiger partial charge in [0.15, 0.2) is 17.3 Å². The zero-order chi connectivity index (χ0) is 21.8. The van der Waals surface area contributed by atoms with E-state index in [9.17, 15) is 4.79 Å². The van der Waals surface area contributed by atoms with Crippen molar-refractivity contribution in [3.63, 3.8) is 0 Å². The van der Waals surface area contributed by atoms with Gasteiger partial charge in [0.05, 0.1) is 0 Å². The SMILES string of the molecule is CC[C@@]1(C)Cc2ccc(-c3cccnc3-n3cccn3)cc2C2(C1)N=C(N)N(C)C2=O. The molecule has 31 heavy (non-hydrogen) atoms. The number of likely N-dealkylation sites (N-methyl/N-ethyl adjacent to an activating group) is 1. The maximum Gasteiger partial charge on any atom is 0.261 e. The summed E-state index contributed by atoms with van der Waals surface area (Å²) >= 11 is 0. The molecule has 2 aromatic heterocycles. The normalized spacial score (nSPS) is 25.1. The van der Waals surface area contributed by atoms with Crippen LogP contribution in [0.15, 0.2) is 60.0 Å². The molecule has 1 aliphatic heterocycles. The molecule has 1 aliphatic carbocycles. The molecule has 3 aromatic rings. The molecule has 3 heterocycles. The molecule has 1 aromatic carbocycles. The van der Waals surface area contributed by atoms with Gasteiger partial charge in [-0.05, 0) is 59.2 Å². The molecule has 0 fully saturated rings. The molecule has 2 aliphatic rings. The number of fused-ring (bicyclic) bond motifs is 2. The lowest BCUT2D eigenvalue weighted by molar-refractivity contribution is -0.132. The molecule has 7 nitrogen and oxygen atoms in total. The van der Waals surface area contributed by atoms with Crippen molar-refractivity contribution >= 4 is 11.9 Å². The van der Waals surface area contributed by atoms with Crippen LogP contribution < -0.4 is 5.73 Å². The number of rotatable bonds is 3. The third-order valence-corrected chi connectivity index (χ3v) is 6.84. The van der Waals surface area contributed by atoms with Gasteiger partial charge in [-0.2, -0.15) is 5.10 Å². The zero-order valence-electron chi connectivity index (χ0n) is 18.0. The van der Waals surface area contributed by atoms with Crippen molar-refractivity contribution in [3.05, 3.63) is 66.1 Å². The van der Waals surface area contributed by atoms with Crippen LogP contribution in [0.5, 0.6) is 0 Å². The van der Waals surface area contributed by atoms with Crippen LogP contribution in [0, 0.1) is 5.41 Å². The minimum absolute atomic E-state index is 0.0202. The summed E-state index contributed by atoms with van der Waals surface area (Å²) in [5.74, 6) is 0.968. The maximum atomic E-state index is 13.5. The zero-order valence-corrected chi connectivity index (χ0v) is 18.0. The Labute approximate surface area is 181 Å². The molecule has 2 atom stereocenters. The average Bonchev–Trinajstić information content (AvgIpc) is 3.38. The summed E-state index contributed by atoms with van der Waals surface area (Å²) < 4.78 is 1.75. The summed E-state index contributed by atoms with van der Waals surface area (Å²) in [5.41, 5.74) is 9.17. The van der Waals surface area contributed by atoms with E-state index in [0.717, 1.165) is 40.9 Å². The summed E-state index contributed by atoms with van der Waals surface area (Å²) in [7, 11) is 1.70. The Kier molecular flexibility index (Phi) is 4.25. The van der Waals surface area contributed by atoms with Gasteiger partial charge in [-0.15, -0.1) is 0 Å². The second-order valence-corrected chi connectivity index (χ2v) is 8.91. The molecule has 1 amide bonds. The van der Waals surface area contributed by atoms with Crippen molar-refractivity contribution in [1.82, 2.24) is 19.7 Å². The van der Waals surface area contributed by atoms with E-state index in [1.807, 2.05) is 24.4 Å². The van der Waals surface area contributed by atoms with Crippen molar-refractivity contribution in [3.8, 4) is 16.9 Å². The van der Waals surface area contributed by atoms with Gasteiger partial charge >= 0.3 is 0 Å². The number of aromatic nitrogens is 3. The van der Waals surface area contributed by atoms with E-state index in [1.54, 1.807) is 24.1 Å². The summed E-state index contributed by atoms with van der Waals surface area (Å²) in [4.78, 5) is 24.3. The highest BCUT2D eigenvalue weighted by molar-refractivity contribution is 6.07. The van der Waals surface area contributed by atoms with Crippen LogP contribution in [-0.2, 0) is 16.8 Å². The standard InChI is InChI=1S/C24H26N6O/c1-4-23(2)14-17-9-8-16(18-7-5-10-26-20(18)30-12-6-11-27-30)13-19(17)24(15-23)21(31)29(3)22(25)28-24/h5-13H,4,14-15H2,1-3H3,(H2,25,28)/t23-,24?/m0/s1. The van der Waals surface area contributed by atoms with E-state index >= 15 is 0 Å². The fourth-order valence-corrected chi connectivity index (χ4v) is 4.96. The quantitative estimate of drug-likeness (QED) is 0.712. The molecule has 2 N–H and O–H groups in total. The van der Waals surface area contributed by atoms with E-state index in [2.05, 4.69) is 42.1 Å². The summed E-state index contributed by atoms with van der Waals surface area (Å²) in [6, 6.07) is 12.2. The number of nitrogens with two attached hydrogens (primary N) is 1. The van der Waals surface area contributed by atoms with E-state index in [1.165, 1.54) is 4.90 Å². The summed E-state index contributed by atoms with van der Waals surface area (Å²) in [6.45, 7) is 4.41. The van der Waals surface area contributed by atoms with Gasteiger partial charge in [0, 0.05) is 31.2 Å². The molecule has 158 valence electrons.